The van der Waals surface area contributed by atoms with Crippen molar-refractivity contribution in [3.8, 4) is 0 Å². The van der Waals surface area contributed by atoms with Crippen molar-refractivity contribution in [2.75, 3.05) is 5.32 Å². The van der Waals surface area contributed by atoms with E-state index in [-0.39, 0.29) is 0 Å². The third-order valence-electron chi connectivity index (χ3n) is 2.17. The van der Waals surface area contributed by atoms with Gasteiger partial charge in [0.15, 0.2) is 0 Å². The second kappa shape index (κ2) is 5.47. The lowest BCUT2D eigenvalue weighted by Crippen LogP contribution is -2.01. The summed E-state index contributed by atoms with van der Waals surface area (Å²) in [6.07, 6.45) is 0. The van der Waals surface area contributed by atoms with Gasteiger partial charge in [-0.2, -0.15) is 4.39 Å². The van der Waals surface area contributed by atoms with Crippen LogP contribution in [0.15, 0.2) is 40.9 Å². The van der Waals surface area contributed by atoms with E-state index in [2.05, 4.69) is 26.2 Å². The number of benzene rings is 1. The smallest absolute Gasteiger partial charge is 0.214 e. The van der Waals surface area contributed by atoms with Gasteiger partial charge in [0.1, 0.15) is 5.82 Å². The minimum Gasteiger partial charge on any atom is -0.366 e. The van der Waals surface area contributed by atoms with Gasteiger partial charge in [0, 0.05) is 11.0 Å². The van der Waals surface area contributed by atoms with Gasteiger partial charge in [-0.3, -0.25) is 0 Å². The largest absolute Gasteiger partial charge is 0.366 e. The Morgan fingerprint density at radius 3 is 2.82 bits per heavy atom. The average Bonchev–Trinajstić information content (AvgIpc) is 2.31. The van der Waals surface area contributed by atoms with Crippen LogP contribution in [0.1, 0.15) is 5.56 Å². The molecule has 17 heavy (non-hydrogen) atoms. The molecule has 0 bridgehead atoms. The Bertz CT molecular complexity index is 534. The first-order valence-electron chi connectivity index (χ1n) is 4.95. The summed E-state index contributed by atoms with van der Waals surface area (Å²) in [5.41, 5.74) is 1.00. The maximum atomic E-state index is 12.8. The Labute approximate surface area is 112 Å². The molecule has 1 heterocycles. The van der Waals surface area contributed by atoms with Crippen LogP contribution in [0.2, 0.25) is 5.02 Å². The Balaban J connectivity index is 2.05. The number of nitrogens with zero attached hydrogens (tertiary/aromatic N) is 1. The van der Waals surface area contributed by atoms with E-state index in [4.69, 9.17) is 11.6 Å². The maximum absolute atomic E-state index is 12.8. The van der Waals surface area contributed by atoms with Crippen molar-refractivity contribution in [3.05, 3.63) is 57.4 Å². The number of anilines is 1. The number of hydrogen-bond donors (Lipinski definition) is 1. The van der Waals surface area contributed by atoms with E-state index in [0.717, 1.165) is 10.0 Å². The van der Waals surface area contributed by atoms with Gasteiger partial charge < -0.3 is 5.32 Å². The standard InChI is InChI=1S/C12H9BrClFN2/c13-9-5-4-8(6-10(9)14)7-16-12-3-1-2-11(15)17-12/h1-6H,7H2,(H,16,17). The summed E-state index contributed by atoms with van der Waals surface area (Å²) >= 11 is 9.29. The highest BCUT2D eigenvalue weighted by molar-refractivity contribution is 9.10. The van der Waals surface area contributed by atoms with Gasteiger partial charge in [-0.25, -0.2) is 4.98 Å². The summed E-state index contributed by atoms with van der Waals surface area (Å²) in [7, 11) is 0. The molecule has 0 spiro atoms. The molecule has 0 aliphatic rings. The van der Waals surface area contributed by atoms with E-state index in [1.54, 1.807) is 12.1 Å². The fourth-order valence-corrected chi connectivity index (χ4v) is 1.80. The molecule has 2 rings (SSSR count). The lowest BCUT2D eigenvalue weighted by molar-refractivity contribution is 0.585. The minimum atomic E-state index is -0.496. The second-order valence-electron chi connectivity index (χ2n) is 3.45. The van der Waals surface area contributed by atoms with Crippen LogP contribution >= 0.6 is 27.5 Å². The molecule has 0 amide bonds. The third kappa shape index (κ3) is 3.41. The molecule has 0 atom stereocenters. The van der Waals surface area contributed by atoms with Gasteiger partial charge in [0.05, 0.1) is 5.02 Å². The molecule has 1 aromatic carbocycles. The number of hydrogen-bond acceptors (Lipinski definition) is 2. The molecule has 5 heteroatoms. The van der Waals surface area contributed by atoms with E-state index < -0.39 is 5.95 Å². The summed E-state index contributed by atoms with van der Waals surface area (Å²) in [5.74, 6) is 0.00730. The second-order valence-corrected chi connectivity index (χ2v) is 4.71. The molecular weight excluding hydrogens is 307 g/mol. The lowest BCUT2D eigenvalue weighted by Gasteiger charge is -2.06. The SMILES string of the molecule is Fc1cccc(NCc2ccc(Br)c(Cl)c2)n1. The van der Waals surface area contributed by atoms with Gasteiger partial charge in [-0.15, -0.1) is 0 Å². The molecule has 0 aliphatic heterocycles. The number of halogens is 3. The molecule has 2 aromatic rings. The normalized spacial score (nSPS) is 10.3. The first-order valence-corrected chi connectivity index (χ1v) is 6.12. The van der Waals surface area contributed by atoms with Crippen LogP contribution in [0.3, 0.4) is 0 Å². The quantitative estimate of drug-likeness (QED) is 0.857. The predicted molar refractivity (Wildman–Crippen MR) is 70.7 cm³/mol. The molecular formula is C12H9BrClFN2. The van der Waals surface area contributed by atoms with E-state index in [1.807, 2.05) is 18.2 Å². The van der Waals surface area contributed by atoms with Gasteiger partial charge in [0.25, 0.3) is 0 Å². The van der Waals surface area contributed by atoms with E-state index in [0.29, 0.717) is 17.4 Å². The molecule has 1 N–H and O–H groups in total. The van der Waals surface area contributed by atoms with Crippen molar-refractivity contribution in [2.45, 2.75) is 6.54 Å². The molecule has 88 valence electrons. The average molecular weight is 316 g/mol. The molecule has 1 aromatic heterocycles. The third-order valence-corrected chi connectivity index (χ3v) is 3.41. The number of pyridine rings is 1. The highest BCUT2D eigenvalue weighted by atomic mass is 79.9. The van der Waals surface area contributed by atoms with Gasteiger partial charge in [0.2, 0.25) is 5.95 Å². The predicted octanol–water partition coefficient (Wildman–Crippen LogP) is 4.25. The van der Waals surface area contributed by atoms with Gasteiger partial charge >= 0.3 is 0 Å². The Kier molecular flexibility index (Phi) is 3.97. The van der Waals surface area contributed by atoms with E-state index in [1.165, 1.54) is 6.07 Å². The maximum Gasteiger partial charge on any atom is 0.214 e. The number of aromatic nitrogens is 1. The number of rotatable bonds is 3. The lowest BCUT2D eigenvalue weighted by atomic mass is 10.2. The summed E-state index contributed by atoms with van der Waals surface area (Å²) < 4.78 is 13.7. The summed E-state index contributed by atoms with van der Waals surface area (Å²) in [6, 6.07) is 10.3. The van der Waals surface area contributed by atoms with Crippen LogP contribution in [0, 0.1) is 5.95 Å². The van der Waals surface area contributed by atoms with Crippen LogP contribution in [0.5, 0.6) is 0 Å². The zero-order valence-electron chi connectivity index (χ0n) is 8.75. The Morgan fingerprint density at radius 1 is 1.29 bits per heavy atom. The van der Waals surface area contributed by atoms with Crippen LogP contribution in [-0.2, 0) is 6.54 Å². The highest BCUT2D eigenvalue weighted by Crippen LogP contribution is 2.23. The zero-order chi connectivity index (χ0) is 12.3. The first-order chi connectivity index (χ1) is 8.15. The summed E-state index contributed by atoms with van der Waals surface area (Å²) in [6.45, 7) is 0.545. The molecule has 0 saturated heterocycles. The van der Waals surface area contributed by atoms with Crippen LogP contribution in [-0.4, -0.2) is 4.98 Å². The molecule has 0 aliphatic carbocycles. The highest BCUT2D eigenvalue weighted by Gasteiger charge is 2.00. The van der Waals surface area contributed by atoms with Crippen molar-refractivity contribution < 1.29 is 4.39 Å². The monoisotopic (exact) mass is 314 g/mol. The summed E-state index contributed by atoms with van der Waals surface area (Å²) in [5, 5.41) is 3.67. The first kappa shape index (κ1) is 12.3. The van der Waals surface area contributed by atoms with Crippen molar-refractivity contribution in [1.82, 2.24) is 4.98 Å². The van der Waals surface area contributed by atoms with Gasteiger partial charge in [-0.1, -0.05) is 23.7 Å². The Morgan fingerprint density at radius 2 is 2.12 bits per heavy atom. The van der Waals surface area contributed by atoms with Crippen LogP contribution < -0.4 is 5.32 Å². The van der Waals surface area contributed by atoms with Gasteiger partial charge in [-0.05, 0) is 45.8 Å². The summed E-state index contributed by atoms with van der Waals surface area (Å²) in [4.78, 5) is 3.71. The minimum absolute atomic E-state index is 0.496. The van der Waals surface area contributed by atoms with Crippen LogP contribution in [0.4, 0.5) is 10.2 Å². The molecule has 0 saturated carbocycles. The van der Waals surface area contributed by atoms with E-state index in [9.17, 15) is 4.39 Å². The zero-order valence-corrected chi connectivity index (χ0v) is 11.1. The van der Waals surface area contributed by atoms with Crippen molar-refractivity contribution in [1.29, 1.82) is 0 Å². The fraction of sp³-hybridized carbons (Fsp3) is 0.0833. The Hall–Kier alpha value is -1.13. The molecule has 0 radical (unpaired) electrons. The van der Waals surface area contributed by atoms with Crippen molar-refractivity contribution >= 4 is 33.3 Å². The van der Waals surface area contributed by atoms with Crippen LogP contribution in [0.25, 0.3) is 0 Å². The number of nitrogens with one attached hydrogen (secondary N) is 1. The topological polar surface area (TPSA) is 24.9 Å². The molecule has 2 nitrogen and oxygen atoms in total. The van der Waals surface area contributed by atoms with E-state index >= 15 is 0 Å². The fourth-order valence-electron chi connectivity index (χ4n) is 1.35. The molecule has 0 fully saturated rings. The molecule has 0 unspecified atom stereocenters. The van der Waals surface area contributed by atoms with Crippen molar-refractivity contribution in [3.63, 3.8) is 0 Å². The van der Waals surface area contributed by atoms with Crippen molar-refractivity contribution in [2.24, 2.45) is 0 Å².